The smallest absolute Gasteiger partial charge is 0.410 e. The summed E-state index contributed by atoms with van der Waals surface area (Å²) in [6.45, 7) is 8.18. The van der Waals surface area contributed by atoms with Gasteiger partial charge in [-0.3, -0.25) is 0 Å². The molecule has 1 amide bonds. The molecular weight excluding hydrogens is 268 g/mol. The molecule has 0 radical (unpaired) electrons. The quantitative estimate of drug-likeness (QED) is 0.838. The van der Waals surface area contributed by atoms with Crippen molar-refractivity contribution in [3.8, 4) is 0 Å². The molecule has 5 nitrogen and oxygen atoms in total. The van der Waals surface area contributed by atoms with Gasteiger partial charge in [-0.25, -0.2) is 4.79 Å². The van der Waals surface area contributed by atoms with E-state index in [1.807, 2.05) is 25.7 Å². The van der Waals surface area contributed by atoms with Gasteiger partial charge in [0.25, 0.3) is 0 Å². The molecule has 1 saturated carbocycles. The van der Waals surface area contributed by atoms with Gasteiger partial charge in [0.15, 0.2) is 0 Å². The average molecular weight is 298 g/mol. The number of hydrogen-bond acceptors (Lipinski definition) is 4. The Morgan fingerprint density at radius 1 is 1.24 bits per heavy atom. The summed E-state index contributed by atoms with van der Waals surface area (Å²) >= 11 is 0. The van der Waals surface area contributed by atoms with E-state index in [1.165, 1.54) is 0 Å². The number of ether oxygens (including phenoxy) is 1. The van der Waals surface area contributed by atoms with Gasteiger partial charge in [0.1, 0.15) is 5.60 Å². The van der Waals surface area contributed by atoms with E-state index in [0.717, 1.165) is 51.7 Å². The van der Waals surface area contributed by atoms with Crippen LogP contribution in [0.1, 0.15) is 52.9 Å². The molecule has 0 aromatic carbocycles. The van der Waals surface area contributed by atoms with E-state index >= 15 is 0 Å². The first kappa shape index (κ1) is 16.6. The fraction of sp³-hybridized carbons (Fsp3) is 0.938. The number of carbonyl (C=O) groups is 1. The van der Waals surface area contributed by atoms with Gasteiger partial charge < -0.3 is 20.1 Å². The lowest BCUT2D eigenvalue weighted by Crippen LogP contribution is -2.45. The molecule has 0 bridgehead atoms. The number of nitrogens with one attached hydrogen (secondary N) is 1. The molecule has 1 saturated heterocycles. The summed E-state index contributed by atoms with van der Waals surface area (Å²) in [7, 11) is 0. The minimum Gasteiger partial charge on any atom is -0.444 e. The van der Waals surface area contributed by atoms with E-state index in [-0.39, 0.29) is 18.2 Å². The second-order valence-electron chi connectivity index (χ2n) is 7.42. The largest absolute Gasteiger partial charge is 0.444 e. The van der Waals surface area contributed by atoms with Gasteiger partial charge in [-0.1, -0.05) is 0 Å². The van der Waals surface area contributed by atoms with Crippen LogP contribution in [0, 0.1) is 5.92 Å². The van der Waals surface area contributed by atoms with Crippen molar-refractivity contribution < 1.29 is 14.6 Å². The van der Waals surface area contributed by atoms with Crippen LogP contribution < -0.4 is 5.32 Å². The first-order chi connectivity index (χ1) is 9.85. The predicted octanol–water partition coefficient (Wildman–Crippen LogP) is 2.14. The van der Waals surface area contributed by atoms with Crippen LogP contribution >= 0.6 is 0 Å². The van der Waals surface area contributed by atoms with E-state index in [9.17, 15) is 9.90 Å². The summed E-state index contributed by atoms with van der Waals surface area (Å²) in [6, 6.07) is 0.272. The summed E-state index contributed by atoms with van der Waals surface area (Å²) in [5, 5.41) is 13.3. The monoisotopic (exact) mass is 298 g/mol. The fourth-order valence-electron chi connectivity index (χ4n) is 3.14. The van der Waals surface area contributed by atoms with Crippen molar-refractivity contribution in [2.24, 2.45) is 5.92 Å². The molecule has 0 spiro atoms. The van der Waals surface area contributed by atoms with Crippen LogP contribution in [0.15, 0.2) is 0 Å². The molecular formula is C16H30N2O3. The maximum Gasteiger partial charge on any atom is 0.410 e. The van der Waals surface area contributed by atoms with Crippen LogP contribution in [0.25, 0.3) is 0 Å². The molecule has 1 heterocycles. The lowest BCUT2D eigenvalue weighted by molar-refractivity contribution is 0.0182. The topological polar surface area (TPSA) is 61.8 Å². The molecule has 1 aliphatic carbocycles. The van der Waals surface area contributed by atoms with Crippen molar-refractivity contribution in [3.05, 3.63) is 0 Å². The van der Waals surface area contributed by atoms with Crippen LogP contribution in [-0.4, -0.2) is 53.5 Å². The first-order valence-electron chi connectivity index (χ1n) is 8.24. The zero-order valence-electron chi connectivity index (χ0n) is 13.6. The third kappa shape index (κ3) is 5.15. The summed E-state index contributed by atoms with van der Waals surface area (Å²) in [5.41, 5.74) is -0.423. The predicted molar refractivity (Wildman–Crippen MR) is 82.2 cm³/mol. The van der Waals surface area contributed by atoms with Crippen molar-refractivity contribution in [2.75, 3.05) is 19.6 Å². The van der Waals surface area contributed by atoms with Gasteiger partial charge in [0.05, 0.1) is 6.10 Å². The van der Waals surface area contributed by atoms with Crippen LogP contribution in [0.4, 0.5) is 4.79 Å². The van der Waals surface area contributed by atoms with E-state index in [4.69, 9.17) is 4.74 Å². The zero-order valence-corrected chi connectivity index (χ0v) is 13.6. The average Bonchev–Trinajstić information content (AvgIpc) is 2.80. The summed E-state index contributed by atoms with van der Waals surface area (Å²) < 4.78 is 5.41. The van der Waals surface area contributed by atoms with E-state index < -0.39 is 5.60 Å². The number of rotatable bonds is 3. The lowest BCUT2D eigenvalue weighted by atomic mass is 9.96. The molecule has 0 unspecified atom stereocenters. The SMILES string of the molecule is CC(C)(C)OC(=O)N1CCC(CN[C@@H]2CCC[C@H]2O)CC1. The number of carbonyl (C=O) groups excluding carboxylic acids is 1. The highest BCUT2D eigenvalue weighted by Gasteiger charge is 2.29. The molecule has 0 aromatic heterocycles. The summed E-state index contributed by atoms with van der Waals surface area (Å²) in [6.07, 6.45) is 4.78. The molecule has 2 N–H and O–H groups in total. The Kier molecular flexibility index (Phi) is 5.49. The first-order valence-corrected chi connectivity index (χ1v) is 8.24. The van der Waals surface area contributed by atoms with Crippen LogP contribution in [0.5, 0.6) is 0 Å². The van der Waals surface area contributed by atoms with Gasteiger partial charge in [0.2, 0.25) is 0 Å². The number of likely N-dealkylation sites (tertiary alicyclic amines) is 1. The number of amides is 1. The Balaban J connectivity index is 1.67. The van der Waals surface area contributed by atoms with E-state index in [1.54, 1.807) is 0 Å². The molecule has 2 aliphatic rings. The number of aliphatic hydroxyl groups excluding tert-OH is 1. The summed E-state index contributed by atoms with van der Waals surface area (Å²) in [5.74, 6) is 0.594. The van der Waals surface area contributed by atoms with Crippen LogP contribution in [0.2, 0.25) is 0 Å². The summed E-state index contributed by atoms with van der Waals surface area (Å²) in [4.78, 5) is 13.8. The van der Waals surface area contributed by atoms with Crippen molar-refractivity contribution in [1.29, 1.82) is 0 Å². The molecule has 122 valence electrons. The normalized spacial score (nSPS) is 27.9. The molecule has 2 atom stereocenters. The van der Waals surface area contributed by atoms with Crippen molar-refractivity contribution >= 4 is 6.09 Å². The Morgan fingerprint density at radius 2 is 1.90 bits per heavy atom. The van der Waals surface area contributed by atoms with Gasteiger partial charge >= 0.3 is 6.09 Å². The fourth-order valence-corrected chi connectivity index (χ4v) is 3.14. The Hall–Kier alpha value is -0.810. The van der Waals surface area contributed by atoms with Crippen LogP contribution in [-0.2, 0) is 4.74 Å². The Morgan fingerprint density at radius 3 is 2.43 bits per heavy atom. The van der Waals surface area contributed by atoms with Gasteiger partial charge in [0, 0.05) is 19.1 Å². The highest BCUT2D eigenvalue weighted by atomic mass is 16.6. The van der Waals surface area contributed by atoms with E-state index in [0.29, 0.717) is 5.92 Å². The second kappa shape index (κ2) is 6.97. The van der Waals surface area contributed by atoms with E-state index in [2.05, 4.69) is 5.32 Å². The third-order valence-corrected chi connectivity index (χ3v) is 4.41. The number of hydrogen-bond donors (Lipinski definition) is 2. The Bertz CT molecular complexity index is 346. The number of piperidine rings is 1. The highest BCUT2D eigenvalue weighted by Crippen LogP contribution is 2.22. The second-order valence-corrected chi connectivity index (χ2v) is 7.42. The number of aliphatic hydroxyl groups is 1. The highest BCUT2D eigenvalue weighted by molar-refractivity contribution is 5.68. The zero-order chi connectivity index (χ0) is 15.5. The molecule has 2 rings (SSSR count). The Labute approximate surface area is 128 Å². The molecule has 2 fully saturated rings. The molecule has 1 aliphatic heterocycles. The lowest BCUT2D eigenvalue weighted by Gasteiger charge is -2.34. The molecule has 5 heteroatoms. The minimum absolute atomic E-state index is 0.174. The maximum absolute atomic E-state index is 12.0. The third-order valence-electron chi connectivity index (χ3n) is 4.41. The van der Waals surface area contributed by atoms with Crippen molar-refractivity contribution in [3.63, 3.8) is 0 Å². The van der Waals surface area contributed by atoms with Crippen molar-refractivity contribution in [2.45, 2.75) is 70.6 Å². The van der Waals surface area contributed by atoms with Gasteiger partial charge in [-0.05, 0) is 65.3 Å². The van der Waals surface area contributed by atoms with Crippen molar-refractivity contribution in [1.82, 2.24) is 10.2 Å². The standard InChI is InChI=1S/C16H30N2O3/c1-16(2,3)21-15(20)18-9-7-12(8-10-18)11-17-13-5-4-6-14(13)19/h12-14,17,19H,4-11H2,1-3H3/t13-,14-/m1/s1. The van der Waals surface area contributed by atoms with Crippen LogP contribution in [0.3, 0.4) is 0 Å². The minimum atomic E-state index is -0.423. The van der Waals surface area contributed by atoms with Gasteiger partial charge in [-0.15, -0.1) is 0 Å². The number of nitrogens with zero attached hydrogens (tertiary/aromatic N) is 1. The molecule has 21 heavy (non-hydrogen) atoms. The molecule has 0 aromatic rings. The maximum atomic E-state index is 12.0. The van der Waals surface area contributed by atoms with Gasteiger partial charge in [-0.2, -0.15) is 0 Å².